The van der Waals surface area contributed by atoms with Gasteiger partial charge in [0.15, 0.2) is 5.60 Å². The molecule has 2 N–H and O–H groups in total. The number of aliphatic hydroxyl groups excluding tert-OH is 1. The summed E-state index contributed by atoms with van der Waals surface area (Å²) in [7, 11) is -2.45. The second-order valence-electron chi connectivity index (χ2n) is 23.7. The number of carbonyl (C=O) groups excluding carboxylic acids is 3. The summed E-state index contributed by atoms with van der Waals surface area (Å²) in [6, 6.07) is 54.9. The first-order valence-electron chi connectivity index (χ1n) is 31.5. The molecule has 3 aliphatic rings. The molecule has 11 rings (SSSR count). The first kappa shape index (κ1) is 71.5. The lowest BCUT2D eigenvalue weighted by Gasteiger charge is -2.31. The lowest BCUT2D eigenvalue weighted by Crippen LogP contribution is -2.31. The van der Waals surface area contributed by atoms with E-state index in [1.165, 1.54) is 52.4 Å². The Labute approximate surface area is 555 Å². The minimum absolute atomic E-state index is 0.0844. The van der Waals surface area contributed by atoms with Crippen molar-refractivity contribution in [1.29, 1.82) is 0 Å². The minimum atomic E-state index is -3.94. The Bertz CT molecular complexity index is 4080. The van der Waals surface area contributed by atoms with Crippen LogP contribution in [0.1, 0.15) is 151 Å². The molecular formula is C80H85NO12S. The molecule has 13 nitrogen and oxygen atoms in total. The van der Waals surface area contributed by atoms with Gasteiger partial charge in [0, 0.05) is 38.9 Å². The van der Waals surface area contributed by atoms with Crippen LogP contribution in [0.3, 0.4) is 0 Å². The maximum atomic E-state index is 13.8. The minimum Gasteiger partial charge on any atom is -0.508 e. The number of anilines is 1. The van der Waals surface area contributed by atoms with Crippen LogP contribution in [-0.4, -0.2) is 67.0 Å². The van der Waals surface area contributed by atoms with E-state index in [2.05, 4.69) is 101 Å². The van der Waals surface area contributed by atoms with Crippen molar-refractivity contribution < 1.29 is 56.7 Å². The molecular weight excluding hydrogens is 1200 g/mol. The topological polar surface area (TPSA) is 175 Å². The highest BCUT2D eigenvalue weighted by Gasteiger charge is 2.30. The van der Waals surface area contributed by atoms with Crippen LogP contribution < -0.4 is 28.0 Å². The van der Waals surface area contributed by atoms with Gasteiger partial charge in [-0.2, -0.15) is 0 Å². The fraction of sp³-hybridized carbons (Fsp3) is 0.263. The van der Waals surface area contributed by atoms with Crippen molar-refractivity contribution in [2.75, 3.05) is 11.4 Å². The number of para-hydroxylation sites is 1. The Morgan fingerprint density at radius 1 is 0.564 bits per heavy atom. The number of hydrogen-bond donors (Lipinski definition) is 2. The number of methoxy groups -OCH3 is 1. The molecule has 0 aromatic heterocycles. The Hall–Kier alpha value is -9.94. The molecule has 0 saturated carbocycles. The molecule has 0 saturated heterocycles. The largest absolute Gasteiger partial charge is 0.508 e. The molecule has 0 amide bonds. The third-order valence-electron chi connectivity index (χ3n) is 16.6. The highest BCUT2D eigenvalue weighted by Crippen LogP contribution is 2.37. The first-order valence-corrected chi connectivity index (χ1v) is 32.9. The highest BCUT2D eigenvalue weighted by atomic mass is 32.2. The molecule has 488 valence electrons. The van der Waals surface area contributed by atoms with Crippen molar-refractivity contribution >= 4 is 52.8 Å². The second kappa shape index (κ2) is 33.1. The van der Waals surface area contributed by atoms with Gasteiger partial charge in [-0.25, -0.2) is 8.42 Å². The van der Waals surface area contributed by atoms with Gasteiger partial charge in [0.05, 0.1) is 30.8 Å². The third-order valence-corrected chi connectivity index (χ3v) is 18.4. The number of phenols is 1. The van der Waals surface area contributed by atoms with E-state index in [0.29, 0.717) is 39.4 Å². The van der Waals surface area contributed by atoms with E-state index in [0.717, 1.165) is 91.3 Å². The normalized spacial score (nSPS) is 17.3. The summed E-state index contributed by atoms with van der Waals surface area (Å²) in [5.41, 5.74) is 8.23. The van der Waals surface area contributed by atoms with E-state index < -0.39 is 15.6 Å². The molecule has 8 aromatic rings. The predicted molar refractivity (Wildman–Crippen MR) is 376 cm³/mol. The van der Waals surface area contributed by atoms with Crippen molar-refractivity contribution in [3.05, 3.63) is 256 Å². The highest BCUT2D eigenvalue weighted by molar-refractivity contribution is 7.92. The fourth-order valence-electron chi connectivity index (χ4n) is 9.79. The number of rotatable bonds is 19. The van der Waals surface area contributed by atoms with Gasteiger partial charge in [0.2, 0.25) is 0 Å². The smallest absolute Gasteiger partial charge is 0.264 e. The number of aromatic hydroxyl groups is 1. The SMILES string of the molecule is C#CC(C)(CC)Oc1ccc(C=O)cc1.CCC1(C)C=Cc2cc(C=O)ccc2O1.CCC1(C)C=Cc2cc(CCc3ccccc3)ccc2O1.CCC1(C)C=Cc2cc(CN(c3ccccc3)S(=O)(=O)c3ccc(OC)c(CO)c3)ccc2O1.O=Cc1ccc(O)cc1. The van der Waals surface area contributed by atoms with Crippen LogP contribution in [0.5, 0.6) is 34.5 Å². The summed E-state index contributed by atoms with van der Waals surface area (Å²) in [6.07, 6.45) is 25.9. The van der Waals surface area contributed by atoms with Crippen molar-refractivity contribution in [2.45, 2.75) is 134 Å². The average Bonchev–Trinajstić information content (AvgIpc) is 0.797. The molecule has 0 spiro atoms. The summed E-state index contributed by atoms with van der Waals surface area (Å²) in [6.45, 7) is 16.2. The summed E-state index contributed by atoms with van der Waals surface area (Å²) in [4.78, 5) is 31.2. The number of aliphatic hydroxyl groups is 1. The lowest BCUT2D eigenvalue weighted by molar-refractivity contribution is 0.111. The fourth-order valence-corrected chi connectivity index (χ4v) is 11.3. The number of ether oxygens (including phenoxy) is 5. The number of aldehydes is 3. The maximum Gasteiger partial charge on any atom is 0.264 e. The van der Waals surface area contributed by atoms with Crippen molar-refractivity contribution in [1.82, 2.24) is 0 Å². The molecule has 0 radical (unpaired) electrons. The lowest BCUT2D eigenvalue weighted by atomic mass is 9.96. The zero-order chi connectivity index (χ0) is 67.9. The monoisotopic (exact) mass is 1280 g/mol. The first-order chi connectivity index (χ1) is 45.1. The summed E-state index contributed by atoms with van der Waals surface area (Å²) < 4.78 is 57.9. The van der Waals surface area contributed by atoms with E-state index in [1.807, 2.05) is 81.5 Å². The van der Waals surface area contributed by atoms with Crippen LogP contribution >= 0.6 is 0 Å². The van der Waals surface area contributed by atoms with Crippen molar-refractivity contribution in [3.8, 4) is 46.8 Å². The van der Waals surface area contributed by atoms with Crippen LogP contribution in [0, 0.1) is 12.3 Å². The Kier molecular flexibility index (Phi) is 25.2. The zero-order valence-electron chi connectivity index (χ0n) is 55.1. The molecule has 0 aliphatic carbocycles. The molecule has 8 aromatic carbocycles. The summed E-state index contributed by atoms with van der Waals surface area (Å²) in [5.74, 6) is 6.56. The standard InChI is InChI=1S/C27H29NO5S.C20H22O.2C13H14O2.C7H6O2/c1-4-27(2)15-14-21-16-20(10-12-26(21)33-27)18-28(23-8-6-5-7-9-23)34(30,31)24-11-13-25(32-3)22(17-24)19-29;1-3-20(2)14-13-18-15-17(11-12-19(18)21-20)10-9-16-7-5-4-6-8-16;1-3-13(2)7-6-11-8-10(9-14)4-5-12(11)15-13;1-4-13(3,5-2)15-12-8-6-11(10-14)7-9-12;8-5-6-1-3-7(9)4-2-6/h5-17,29H,4,18-19H2,1-3H3;4-8,11-15H,3,9-10H2,1-2H3;4-9H,3H2,1-2H3;1,6-10H,5H2,2-3H3;1-5,9H. The number of benzene rings is 8. The third kappa shape index (κ3) is 19.6. The van der Waals surface area contributed by atoms with Gasteiger partial charge in [-0.1, -0.05) is 113 Å². The van der Waals surface area contributed by atoms with Gasteiger partial charge in [0.25, 0.3) is 10.0 Å². The molecule has 4 unspecified atom stereocenters. The van der Waals surface area contributed by atoms with Crippen molar-refractivity contribution in [3.63, 3.8) is 0 Å². The van der Waals surface area contributed by atoms with E-state index in [4.69, 9.17) is 35.2 Å². The van der Waals surface area contributed by atoms with Crippen LogP contribution in [-0.2, 0) is 36.0 Å². The van der Waals surface area contributed by atoms with Crippen LogP contribution in [0.4, 0.5) is 5.69 Å². The maximum absolute atomic E-state index is 13.8. The number of sulfonamides is 1. The Morgan fingerprint density at radius 2 is 1.02 bits per heavy atom. The van der Waals surface area contributed by atoms with Crippen LogP contribution in [0.2, 0.25) is 0 Å². The molecule has 3 heterocycles. The van der Waals surface area contributed by atoms with Crippen LogP contribution in [0.15, 0.2) is 205 Å². The Balaban J connectivity index is 0.000000179. The van der Waals surface area contributed by atoms with E-state index in [1.54, 1.807) is 72.8 Å². The molecule has 0 bridgehead atoms. The summed E-state index contributed by atoms with van der Waals surface area (Å²) in [5, 5.41) is 18.4. The summed E-state index contributed by atoms with van der Waals surface area (Å²) >= 11 is 0. The van der Waals surface area contributed by atoms with Gasteiger partial charge >= 0.3 is 0 Å². The molecule has 0 fully saturated rings. The number of terminal acetylenes is 1. The van der Waals surface area contributed by atoms with Crippen molar-refractivity contribution in [2.24, 2.45) is 0 Å². The van der Waals surface area contributed by atoms with E-state index >= 15 is 0 Å². The number of carbonyl (C=O) groups is 3. The van der Waals surface area contributed by atoms with Gasteiger partial charge in [-0.3, -0.25) is 18.7 Å². The number of aryl methyl sites for hydroxylation is 2. The zero-order valence-corrected chi connectivity index (χ0v) is 55.9. The Morgan fingerprint density at radius 3 is 1.50 bits per heavy atom. The molecule has 94 heavy (non-hydrogen) atoms. The van der Waals surface area contributed by atoms with Gasteiger partial charge in [-0.05, 0) is 222 Å². The van der Waals surface area contributed by atoms with E-state index in [-0.39, 0.29) is 40.6 Å². The van der Waals surface area contributed by atoms with Gasteiger partial charge < -0.3 is 33.9 Å². The molecule has 14 heteroatoms. The quantitative estimate of drug-likeness (QED) is 0.0580. The molecule has 4 atom stereocenters. The number of nitrogens with zero attached hydrogens (tertiary/aromatic N) is 1. The van der Waals surface area contributed by atoms with Gasteiger partial charge in [-0.15, -0.1) is 6.42 Å². The second-order valence-corrected chi connectivity index (χ2v) is 25.5. The van der Waals surface area contributed by atoms with Crippen LogP contribution in [0.25, 0.3) is 18.2 Å². The molecule has 3 aliphatic heterocycles. The predicted octanol–water partition coefficient (Wildman–Crippen LogP) is 17.2. The number of hydrogen-bond acceptors (Lipinski definition) is 12. The number of fused-ring (bicyclic) bond motifs is 3. The number of phenolic OH excluding ortho intramolecular Hbond substituents is 1. The average molecular weight is 1280 g/mol. The van der Waals surface area contributed by atoms with Gasteiger partial charge in [0.1, 0.15) is 70.2 Å². The van der Waals surface area contributed by atoms with E-state index in [9.17, 15) is 27.9 Å².